The van der Waals surface area contributed by atoms with Gasteiger partial charge in [0.1, 0.15) is 0 Å². The van der Waals surface area contributed by atoms with Crippen LogP contribution in [0.25, 0.3) is 17.0 Å². The Morgan fingerprint density at radius 2 is 1.89 bits per heavy atom. The molecule has 5 rings (SSSR count). The van der Waals surface area contributed by atoms with E-state index < -0.39 is 12.0 Å². The third-order valence-corrected chi connectivity index (χ3v) is 7.44. The van der Waals surface area contributed by atoms with Gasteiger partial charge in [-0.3, -0.25) is 9.36 Å². The molecule has 9 heteroatoms. The van der Waals surface area contributed by atoms with E-state index in [1.807, 2.05) is 54.2 Å². The fraction of sp³-hybridized carbons (Fsp3) is 0.250. The maximum Gasteiger partial charge on any atom is 0.338 e. The molecule has 0 aliphatic carbocycles. The lowest BCUT2D eigenvalue weighted by molar-refractivity contribution is -0.139. The first kappa shape index (κ1) is 24.6. The Labute approximate surface area is 217 Å². The second kappa shape index (κ2) is 9.74. The highest BCUT2D eigenvalue weighted by Gasteiger charge is 2.34. The summed E-state index contributed by atoms with van der Waals surface area (Å²) in [4.78, 5) is 32.2. The van der Waals surface area contributed by atoms with Crippen molar-refractivity contribution in [1.29, 1.82) is 0 Å². The number of para-hydroxylation sites is 1. The Morgan fingerprint density at radius 1 is 1.14 bits per heavy atom. The number of hydrogen-bond donors (Lipinski definition) is 0. The van der Waals surface area contributed by atoms with Crippen molar-refractivity contribution in [2.75, 3.05) is 20.8 Å². The van der Waals surface area contributed by atoms with Gasteiger partial charge in [-0.1, -0.05) is 35.6 Å². The van der Waals surface area contributed by atoms with Crippen molar-refractivity contribution < 1.29 is 19.0 Å². The molecule has 0 radical (unpaired) electrons. The first-order valence-electron chi connectivity index (χ1n) is 11.8. The van der Waals surface area contributed by atoms with Crippen LogP contribution in [-0.4, -0.2) is 35.9 Å². The lowest BCUT2D eigenvalue weighted by Crippen LogP contribution is -2.39. The zero-order valence-electron chi connectivity index (χ0n) is 21.3. The number of methoxy groups -OCH3 is 2. The number of allylic oxidation sites excluding steroid dienone is 1. The van der Waals surface area contributed by atoms with Crippen molar-refractivity contribution in [3.8, 4) is 11.5 Å². The third kappa shape index (κ3) is 4.15. The second-order valence-corrected chi connectivity index (χ2v) is 9.64. The van der Waals surface area contributed by atoms with E-state index in [2.05, 4.69) is 4.99 Å². The van der Waals surface area contributed by atoms with E-state index in [1.165, 1.54) is 11.3 Å². The van der Waals surface area contributed by atoms with Crippen LogP contribution in [0.3, 0.4) is 0 Å². The molecule has 1 aliphatic rings. The Morgan fingerprint density at radius 3 is 2.62 bits per heavy atom. The molecule has 0 saturated heterocycles. The van der Waals surface area contributed by atoms with Crippen LogP contribution in [0.1, 0.15) is 31.0 Å². The monoisotopic (exact) mass is 517 g/mol. The maximum atomic E-state index is 13.9. The first-order valence-corrected chi connectivity index (χ1v) is 12.6. The summed E-state index contributed by atoms with van der Waals surface area (Å²) in [5.41, 5.74) is 3.30. The summed E-state index contributed by atoms with van der Waals surface area (Å²) in [6, 6.07) is 12.7. The van der Waals surface area contributed by atoms with Gasteiger partial charge in [-0.25, -0.2) is 9.79 Å². The van der Waals surface area contributed by atoms with Gasteiger partial charge in [0.15, 0.2) is 16.3 Å². The van der Waals surface area contributed by atoms with Gasteiger partial charge in [-0.15, -0.1) is 0 Å². The summed E-state index contributed by atoms with van der Waals surface area (Å²) < 4.78 is 20.4. The molecule has 0 amide bonds. The number of carbonyl (C=O) groups is 1. The maximum absolute atomic E-state index is 13.9. The van der Waals surface area contributed by atoms with E-state index in [4.69, 9.17) is 14.2 Å². The molecule has 1 aliphatic heterocycles. The predicted octanol–water partition coefficient (Wildman–Crippen LogP) is 3.31. The lowest BCUT2D eigenvalue weighted by Gasteiger charge is -2.25. The number of rotatable bonds is 6. The van der Waals surface area contributed by atoms with Crippen molar-refractivity contribution in [1.82, 2.24) is 9.13 Å². The Kier molecular flexibility index (Phi) is 6.47. The molecular formula is C28H27N3O5S. The van der Waals surface area contributed by atoms with E-state index in [0.717, 1.165) is 16.5 Å². The number of thiazole rings is 1. The third-order valence-electron chi connectivity index (χ3n) is 6.45. The predicted molar refractivity (Wildman–Crippen MR) is 143 cm³/mol. The molecule has 4 aromatic rings. The molecular weight excluding hydrogens is 490 g/mol. The van der Waals surface area contributed by atoms with E-state index in [-0.39, 0.29) is 12.2 Å². The summed E-state index contributed by atoms with van der Waals surface area (Å²) in [6.45, 7) is 3.72. The van der Waals surface area contributed by atoms with Crippen LogP contribution >= 0.6 is 11.3 Å². The highest BCUT2D eigenvalue weighted by Crippen LogP contribution is 2.36. The standard InChI is InChI=1S/C28H27N3O5S/c1-6-36-27(33)24-16(2)29-28-31(25(24)17-11-12-21(34-4)22(13-17)35-5)26(32)23(37-28)14-18-15-30(3)20-10-8-7-9-19(18)20/h7-15,25H,6H2,1-5H3/b23-14-/t25-/m0/s1. The van der Waals surface area contributed by atoms with Gasteiger partial charge in [-0.2, -0.15) is 0 Å². The molecule has 0 unspecified atom stereocenters. The highest BCUT2D eigenvalue weighted by atomic mass is 32.1. The molecule has 0 N–H and O–H groups in total. The van der Waals surface area contributed by atoms with Crippen molar-refractivity contribution in [3.05, 3.63) is 90.7 Å². The number of carbonyl (C=O) groups excluding carboxylic acids is 1. The normalized spacial score (nSPS) is 15.5. The first-order chi connectivity index (χ1) is 17.9. The minimum Gasteiger partial charge on any atom is -0.493 e. The lowest BCUT2D eigenvalue weighted by atomic mass is 9.95. The highest BCUT2D eigenvalue weighted by molar-refractivity contribution is 7.07. The topological polar surface area (TPSA) is 84.1 Å². The van der Waals surface area contributed by atoms with E-state index in [9.17, 15) is 9.59 Å². The molecule has 2 aromatic heterocycles. The quantitative estimate of drug-likeness (QED) is 0.367. The molecule has 8 nitrogen and oxygen atoms in total. The van der Waals surface area contributed by atoms with Crippen LogP contribution in [0.4, 0.5) is 0 Å². The number of esters is 1. The molecule has 0 spiro atoms. The van der Waals surface area contributed by atoms with Crippen LogP contribution < -0.4 is 24.4 Å². The van der Waals surface area contributed by atoms with E-state index >= 15 is 0 Å². The Hall–Kier alpha value is -4.11. The van der Waals surface area contributed by atoms with Crippen LogP contribution in [-0.2, 0) is 16.6 Å². The van der Waals surface area contributed by atoms with Gasteiger partial charge < -0.3 is 18.8 Å². The van der Waals surface area contributed by atoms with Crippen molar-refractivity contribution in [3.63, 3.8) is 0 Å². The van der Waals surface area contributed by atoms with Gasteiger partial charge in [0, 0.05) is 29.7 Å². The molecule has 2 aromatic carbocycles. The molecule has 1 atom stereocenters. The van der Waals surface area contributed by atoms with Crippen LogP contribution in [0.15, 0.2) is 69.7 Å². The van der Waals surface area contributed by atoms with Crippen molar-refractivity contribution in [2.24, 2.45) is 12.0 Å². The van der Waals surface area contributed by atoms with Crippen molar-refractivity contribution >= 4 is 34.3 Å². The summed E-state index contributed by atoms with van der Waals surface area (Å²) in [6.07, 6.45) is 3.89. The molecule has 37 heavy (non-hydrogen) atoms. The molecule has 190 valence electrons. The summed E-state index contributed by atoms with van der Waals surface area (Å²) in [5, 5.41) is 1.05. The summed E-state index contributed by atoms with van der Waals surface area (Å²) >= 11 is 1.30. The Bertz CT molecular complexity index is 1740. The number of benzene rings is 2. The zero-order chi connectivity index (χ0) is 26.3. The Balaban J connectivity index is 1.76. The molecule has 0 fully saturated rings. The molecule has 0 bridgehead atoms. The number of aromatic nitrogens is 2. The number of nitrogens with zero attached hydrogens (tertiary/aromatic N) is 3. The number of hydrogen-bond acceptors (Lipinski definition) is 7. The van der Waals surface area contributed by atoms with Crippen LogP contribution in [0, 0.1) is 0 Å². The number of fused-ring (bicyclic) bond motifs is 2. The fourth-order valence-corrected chi connectivity index (χ4v) is 5.80. The van der Waals surface area contributed by atoms with Crippen molar-refractivity contribution in [2.45, 2.75) is 19.9 Å². The van der Waals surface area contributed by atoms with Gasteiger partial charge in [0.2, 0.25) is 0 Å². The van der Waals surface area contributed by atoms with Crippen LogP contribution in [0.5, 0.6) is 11.5 Å². The number of aryl methyl sites for hydroxylation is 1. The summed E-state index contributed by atoms with van der Waals surface area (Å²) in [7, 11) is 5.08. The number of ether oxygens (including phenoxy) is 3. The van der Waals surface area contributed by atoms with Gasteiger partial charge in [0.25, 0.3) is 5.56 Å². The molecule has 0 saturated carbocycles. The zero-order valence-corrected chi connectivity index (χ0v) is 22.1. The minimum atomic E-state index is -0.732. The van der Waals surface area contributed by atoms with Crippen LogP contribution in [0.2, 0.25) is 0 Å². The molecule has 3 heterocycles. The largest absolute Gasteiger partial charge is 0.493 e. The van der Waals surface area contributed by atoms with Gasteiger partial charge in [0.05, 0.1) is 42.7 Å². The average molecular weight is 518 g/mol. The van der Waals surface area contributed by atoms with Gasteiger partial charge in [-0.05, 0) is 43.7 Å². The average Bonchev–Trinajstić information content (AvgIpc) is 3.38. The minimum absolute atomic E-state index is 0.208. The SMILES string of the molecule is CCOC(=O)C1=C(C)N=c2s/c(=C\c3cn(C)c4ccccc34)c(=O)n2[C@H]1c1ccc(OC)c(OC)c1. The van der Waals surface area contributed by atoms with E-state index in [1.54, 1.807) is 44.8 Å². The second-order valence-electron chi connectivity index (χ2n) is 8.63. The smallest absolute Gasteiger partial charge is 0.338 e. The van der Waals surface area contributed by atoms with E-state index in [0.29, 0.717) is 37.7 Å². The van der Waals surface area contributed by atoms with Gasteiger partial charge >= 0.3 is 5.97 Å². The summed E-state index contributed by atoms with van der Waals surface area (Å²) in [5.74, 6) is 0.538. The fourth-order valence-electron chi connectivity index (χ4n) is 4.76.